The monoisotopic (exact) mass is 233 g/mol. The number of ether oxygens (including phenoxy) is 1. The Labute approximate surface area is 104 Å². The molecule has 1 fully saturated rings. The van der Waals surface area contributed by atoms with Gasteiger partial charge in [0.1, 0.15) is 0 Å². The highest BCUT2D eigenvalue weighted by Crippen LogP contribution is 2.18. The van der Waals surface area contributed by atoms with Crippen molar-refractivity contribution in [2.24, 2.45) is 5.92 Å². The molecule has 1 aromatic rings. The Morgan fingerprint density at radius 3 is 2.65 bits per heavy atom. The van der Waals surface area contributed by atoms with Gasteiger partial charge >= 0.3 is 0 Å². The molecule has 2 atom stereocenters. The first kappa shape index (κ1) is 12.6. The second kappa shape index (κ2) is 5.65. The zero-order valence-electron chi connectivity index (χ0n) is 11.1. The molecule has 1 aromatic carbocycles. The number of benzene rings is 1. The largest absolute Gasteiger partial charge is 0.381 e. The SMILES string of the molecule is Cc1cccc(C)c1CNC(C)C1CCOC1. The lowest BCUT2D eigenvalue weighted by molar-refractivity contribution is 0.178. The van der Waals surface area contributed by atoms with Gasteiger partial charge in [0.05, 0.1) is 6.61 Å². The van der Waals surface area contributed by atoms with E-state index in [-0.39, 0.29) is 0 Å². The molecular weight excluding hydrogens is 210 g/mol. The fourth-order valence-corrected chi connectivity index (χ4v) is 2.50. The molecule has 1 N–H and O–H groups in total. The van der Waals surface area contributed by atoms with E-state index in [9.17, 15) is 0 Å². The van der Waals surface area contributed by atoms with E-state index >= 15 is 0 Å². The van der Waals surface area contributed by atoms with Crippen LogP contribution in [0.4, 0.5) is 0 Å². The molecule has 0 aliphatic carbocycles. The van der Waals surface area contributed by atoms with Gasteiger partial charge in [0.25, 0.3) is 0 Å². The zero-order valence-corrected chi connectivity index (χ0v) is 11.1. The van der Waals surface area contributed by atoms with Gasteiger partial charge in [-0.2, -0.15) is 0 Å². The van der Waals surface area contributed by atoms with Crippen LogP contribution in [0, 0.1) is 19.8 Å². The Hall–Kier alpha value is -0.860. The standard InChI is InChI=1S/C15H23NO/c1-11-5-4-6-12(2)15(11)9-16-13(3)14-7-8-17-10-14/h4-6,13-14,16H,7-10H2,1-3H3. The number of hydrogen-bond donors (Lipinski definition) is 1. The van der Waals surface area contributed by atoms with E-state index in [2.05, 4.69) is 44.3 Å². The van der Waals surface area contributed by atoms with Crippen molar-refractivity contribution >= 4 is 0 Å². The molecule has 0 amide bonds. The van der Waals surface area contributed by atoms with Gasteiger partial charge in [-0.1, -0.05) is 18.2 Å². The lowest BCUT2D eigenvalue weighted by Gasteiger charge is -2.20. The Morgan fingerprint density at radius 2 is 2.06 bits per heavy atom. The van der Waals surface area contributed by atoms with Crippen LogP contribution in [-0.2, 0) is 11.3 Å². The number of nitrogens with one attached hydrogen (secondary N) is 1. The van der Waals surface area contributed by atoms with Gasteiger partial charge in [-0.3, -0.25) is 0 Å². The molecule has 0 saturated carbocycles. The summed E-state index contributed by atoms with van der Waals surface area (Å²) in [5, 5.41) is 3.64. The predicted molar refractivity (Wildman–Crippen MR) is 71.1 cm³/mol. The molecule has 1 saturated heterocycles. The van der Waals surface area contributed by atoms with Crippen LogP contribution in [0.15, 0.2) is 18.2 Å². The molecular formula is C15H23NO. The summed E-state index contributed by atoms with van der Waals surface area (Å²) < 4.78 is 5.44. The highest BCUT2D eigenvalue weighted by atomic mass is 16.5. The summed E-state index contributed by atoms with van der Waals surface area (Å²) in [6, 6.07) is 7.04. The van der Waals surface area contributed by atoms with Crippen LogP contribution in [-0.4, -0.2) is 19.3 Å². The average Bonchev–Trinajstić information content (AvgIpc) is 2.81. The molecule has 1 aliphatic rings. The second-order valence-electron chi connectivity index (χ2n) is 5.16. The first-order chi connectivity index (χ1) is 8.18. The first-order valence-electron chi connectivity index (χ1n) is 6.54. The molecule has 2 rings (SSSR count). The van der Waals surface area contributed by atoms with Crippen molar-refractivity contribution in [3.8, 4) is 0 Å². The number of hydrogen-bond acceptors (Lipinski definition) is 2. The third-order valence-corrected chi connectivity index (χ3v) is 3.92. The Kier molecular flexibility index (Phi) is 4.19. The topological polar surface area (TPSA) is 21.3 Å². The van der Waals surface area contributed by atoms with Gasteiger partial charge in [-0.25, -0.2) is 0 Å². The highest BCUT2D eigenvalue weighted by Gasteiger charge is 2.21. The maximum Gasteiger partial charge on any atom is 0.0509 e. The molecule has 0 spiro atoms. The van der Waals surface area contributed by atoms with Crippen LogP contribution >= 0.6 is 0 Å². The molecule has 1 aliphatic heterocycles. The maximum absolute atomic E-state index is 5.44. The van der Waals surface area contributed by atoms with E-state index in [1.165, 1.54) is 23.1 Å². The van der Waals surface area contributed by atoms with Crippen LogP contribution in [0.5, 0.6) is 0 Å². The molecule has 2 nitrogen and oxygen atoms in total. The Balaban J connectivity index is 1.92. The lowest BCUT2D eigenvalue weighted by atomic mass is 9.99. The van der Waals surface area contributed by atoms with Gasteiger partial charge in [-0.15, -0.1) is 0 Å². The predicted octanol–water partition coefficient (Wildman–Crippen LogP) is 2.82. The second-order valence-corrected chi connectivity index (χ2v) is 5.16. The van der Waals surface area contributed by atoms with Crippen LogP contribution in [0.1, 0.15) is 30.0 Å². The lowest BCUT2D eigenvalue weighted by Crippen LogP contribution is -2.33. The van der Waals surface area contributed by atoms with Gasteiger partial charge < -0.3 is 10.1 Å². The highest BCUT2D eigenvalue weighted by molar-refractivity contribution is 5.33. The molecule has 2 heteroatoms. The summed E-state index contributed by atoms with van der Waals surface area (Å²) in [5.74, 6) is 0.680. The average molecular weight is 233 g/mol. The van der Waals surface area contributed by atoms with E-state index in [1.807, 2.05) is 0 Å². The van der Waals surface area contributed by atoms with Crippen LogP contribution in [0.3, 0.4) is 0 Å². The minimum atomic E-state index is 0.538. The third-order valence-electron chi connectivity index (χ3n) is 3.92. The van der Waals surface area contributed by atoms with Gasteiger partial charge in [-0.05, 0) is 49.8 Å². The van der Waals surface area contributed by atoms with E-state index in [4.69, 9.17) is 4.74 Å². The van der Waals surface area contributed by atoms with E-state index in [1.54, 1.807) is 0 Å². The van der Waals surface area contributed by atoms with Crippen LogP contribution < -0.4 is 5.32 Å². The van der Waals surface area contributed by atoms with E-state index in [0.717, 1.165) is 19.8 Å². The van der Waals surface area contributed by atoms with Crippen molar-refractivity contribution in [1.29, 1.82) is 0 Å². The zero-order chi connectivity index (χ0) is 12.3. The molecule has 2 unspecified atom stereocenters. The minimum absolute atomic E-state index is 0.538. The third kappa shape index (κ3) is 3.08. The summed E-state index contributed by atoms with van der Waals surface area (Å²) in [4.78, 5) is 0. The fraction of sp³-hybridized carbons (Fsp3) is 0.600. The van der Waals surface area contributed by atoms with Crippen molar-refractivity contribution in [3.05, 3.63) is 34.9 Å². The molecule has 0 aromatic heterocycles. The van der Waals surface area contributed by atoms with E-state index < -0.39 is 0 Å². The van der Waals surface area contributed by atoms with Crippen molar-refractivity contribution in [1.82, 2.24) is 5.32 Å². The Morgan fingerprint density at radius 1 is 1.35 bits per heavy atom. The van der Waals surface area contributed by atoms with Gasteiger partial charge in [0, 0.05) is 19.2 Å². The molecule has 17 heavy (non-hydrogen) atoms. The number of aryl methyl sites for hydroxylation is 2. The summed E-state index contributed by atoms with van der Waals surface area (Å²) in [7, 11) is 0. The summed E-state index contributed by atoms with van der Waals surface area (Å²) in [6.45, 7) is 9.46. The molecule has 94 valence electrons. The van der Waals surface area contributed by atoms with Crippen molar-refractivity contribution in [2.75, 3.05) is 13.2 Å². The van der Waals surface area contributed by atoms with E-state index in [0.29, 0.717) is 12.0 Å². The first-order valence-corrected chi connectivity index (χ1v) is 6.54. The van der Waals surface area contributed by atoms with Crippen LogP contribution in [0.25, 0.3) is 0 Å². The smallest absolute Gasteiger partial charge is 0.0509 e. The fourth-order valence-electron chi connectivity index (χ4n) is 2.50. The van der Waals surface area contributed by atoms with Gasteiger partial charge in [0.2, 0.25) is 0 Å². The van der Waals surface area contributed by atoms with Gasteiger partial charge in [0.15, 0.2) is 0 Å². The quantitative estimate of drug-likeness (QED) is 0.863. The summed E-state index contributed by atoms with van der Waals surface area (Å²) in [5.41, 5.74) is 4.21. The minimum Gasteiger partial charge on any atom is -0.381 e. The van der Waals surface area contributed by atoms with Crippen molar-refractivity contribution < 1.29 is 4.74 Å². The van der Waals surface area contributed by atoms with Crippen LogP contribution in [0.2, 0.25) is 0 Å². The normalized spacial score (nSPS) is 21.7. The molecule has 0 bridgehead atoms. The summed E-state index contributed by atoms with van der Waals surface area (Å²) in [6.07, 6.45) is 1.20. The molecule has 1 heterocycles. The molecule has 0 radical (unpaired) electrons. The van der Waals surface area contributed by atoms with Crippen molar-refractivity contribution in [2.45, 2.75) is 39.8 Å². The number of rotatable bonds is 4. The Bertz CT molecular complexity index is 349. The maximum atomic E-state index is 5.44. The summed E-state index contributed by atoms with van der Waals surface area (Å²) >= 11 is 0. The van der Waals surface area contributed by atoms with Crippen molar-refractivity contribution in [3.63, 3.8) is 0 Å².